The van der Waals surface area contributed by atoms with E-state index in [0.29, 0.717) is 35.4 Å². The van der Waals surface area contributed by atoms with Crippen LogP contribution in [-0.4, -0.2) is 80.2 Å². The zero-order valence-electron chi connectivity index (χ0n) is 45.3. The van der Waals surface area contributed by atoms with Gasteiger partial charge in [0.05, 0.1) is 57.1 Å². The average molecular weight is 1070 g/mol. The summed E-state index contributed by atoms with van der Waals surface area (Å²) < 4.78 is 86.7. The number of hydrogen-bond acceptors (Lipinski definition) is 14. The molecule has 0 fully saturated rings. The van der Waals surface area contributed by atoms with Gasteiger partial charge in [-0.15, -0.1) is 0 Å². The highest BCUT2D eigenvalue weighted by Gasteiger charge is 2.21. The van der Waals surface area contributed by atoms with Crippen LogP contribution >= 0.6 is 0 Å². The molecule has 5 aromatic rings. The Kier molecular flexibility index (Phi) is 29.0. The molecule has 2 N–H and O–H groups in total. The van der Waals surface area contributed by atoms with Crippen LogP contribution in [-0.2, 0) is 48.1 Å². The molecule has 0 radical (unpaired) electrons. The number of nitrogens with one attached hydrogen (secondary N) is 1. The second kappa shape index (κ2) is 34.2. The number of rotatable bonds is 31. The lowest BCUT2D eigenvalue weighted by atomic mass is 10.0. The first-order chi connectivity index (χ1) is 35.6. The number of aliphatic hydroxyl groups is 1. The van der Waals surface area contributed by atoms with E-state index in [0.717, 1.165) is 136 Å². The summed E-state index contributed by atoms with van der Waals surface area (Å²) >= 11 is 0. The van der Waals surface area contributed by atoms with Crippen molar-refractivity contribution in [2.45, 2.75) is 154 Å². The quantitative estimate of drug-likeness (QED) is 0.0314. The molecule has 0 aliphatic carbocycles. The Hall–Kier alpha value is -5.46. The molecule has 0 atom stereocenters. The predicted molar refractivity (Wildman–Crippen MR) is 291 cm³/mol. The molecule has 74 heavy (non-hydrogen) atoms. The zero-order chi connectivity index (χ0) is 54.4. The van der Waals surface area contributed by atoms with E-state index in [2.05, 4.69) is 4.98 Å². The Labute approximate surface area is 441 Å². The molecule has 5 rings (SSSR count). The van der Waals surface area contributed by atoms with Crippen LogP contribution in [0.3, 0.4) is 0 Å². The third-order valence-electron chi connectivity index (χ3n) is 12.1. The molecule has 0 aliphatic rings. The molecule has 2 aromatic heterocycles. The van der Waals surface area contributed by atoms with Crippen molar-refractivity contribution in [3.63, 3.8) is 0 Å². The number of hydrogen-bond donors (Lipinski definition) is 2. The number of methoxy groups -OCH3 is 4. The molecule has 410 valence electrons. The van der Waals surface area contributed by atoms with Crippen LogP contribution < -0.4 is 29.1 Å². The van der Waals surface area contributed by atoms with Crippen molar-refractivity contribution in [1.82, 2.24) is 9.97 Å². The molecular weight excluding hydrogens is 985 g/mol. The minimum atomic E-state index is -3.67. The third kappa shape index (κ3) is 21.4. The normalized spacial score (nSPS) is 11.2. The molecule has 0 saturated heterocycles. The van der Waals surface area contributed by atoms with E-state index in [1.165, 1.54) is 14.2 Å². The van der Waals surface area contributed by atoms with Gasteiger partial charge in [-0.05, 0) is 103 Å². The number of pyridine rings is 2. The Morgan fingerprint density at radius 1 is 0.527 bits per heavy atom. The lowest BCUT2D eigenvalue weighted by molar-refractivity contribution is 0.269. The number of ether oxygens (including phenoxy) is 5. The zero-order valence-corrected chi connectivity index (χ0v) is 46.9. The highest BCUT2D eigenvalue weighted by atomic mass is 32.2. The Morgan fingerprint density at radius 3 is 1.42 bits per heavy atom. The minimum Gasteiger partial charge on any atom is -0.489 e. The van der Waals surface area contributed by atoms with Gasteiger partial charge in [0, 0.05) is 23.4 Å². The van der Waals surface area contributed by atoms with Gasteiger partial charge in [0.1, 0.15) is 6.61 Å². The van der Waals surface area contributed by atoms with Crippen molar-refractivity contribution < 1.29 is 54.0 Å². The van der Waals surface area contributed by atoms with Crippen LogP contribution in [0.2, 0.25) is 0 Å². The molecule has 3 aromatic carbocycles. The van der Waals surface area contributed by atoms with E-state index in [1.54, 1.807) is 76.6 Å². The van der Waals surface area contributed by atoms with Gasteiger partial charge in [0.15, 0.2) is 5.75 Å². The maximum absolute atomic E-state index is 12.3. The largest absolute Gasteiger partial charge is 0.489 e. The summed E-state index contributed by atoms with van der Waals surface area (Å²) in [6.07, 6.45) is 15.6. The van der Waals surface area contributed by atoms with Gasteiger partial charge in [-0.2, -0.15) is 16.8 Å². The molecular formula is C57H82N2O13S2. The lowest BCUT2D eigenvalue weighted by Gasteiger charge is -2.18. The maximum Gasteiger partial charge on any atom is 0.296 e. The number of aromatic amines is 1. The van der Waals surface area contributed by atoms with E-state index in [4.69, 9.17) is 42.1 Å². The lowest BCUT2D eigenvalue weighted by Crippen LogP contribution is -2.15. The first-order valence-electron chi connectivity index (χ1n) is 25.7. The van der Waals surface area contributed by atoms with Gasteiger partial charge in [-0.3, -0.25) is 13.2 Å². The van der Waals surface area contributed by atoms with Crippen molar-refractivity contribution in [1.29, 1.82) is 0 Å². The number of unbranched alkanes of at least 4 members (excludes halogenated alkanes) is 12. The fourth-order valence-electron chi connectivity index (χ4n) is 7.85. The van der Waals surface area contributed by atoms with Gasteiger partial charge >= 0.3 is 0 Å². The molecule has 0 unspecified atom stereocenters. The molecule has 0 amide bonds. The number of aromatic nitrogens is 2. The number of nitrogens with zero attached hydrogens (tertiary/aromatic N) is 1. The van der Waals surface area contributed by atoms with Crippen molar-refractivity contribution in [2.24, 2.45) is 0 Å². The standard InChI is InChI=1S/C31H41NO6S.C24H35NO6S.C2H6O/c1-24-18-20-27(21-19-24)39(33,34)38-22-14-9-7-5-6-8-13-17-28-25(2)29(30(35-3)31(32-28)36-4)37-23-26-15-11-10-12-16-26;1-18-13-15-20(16-14-18)32(27,28)31-17-11-9-7-5-6-8-10-12-21-19(2)22(26)23(29-3)24(25-21)30-4;1-2-3/h10-12,15-16,18-21H,5-9,13-14,17,22-23H2,1-4H3;13-16H,5-12,17H2,1-4H3,(H,25,26);3H,2H2,1H3. The van der Waals surface area contributed by atoms with E-state index in [9.17, 15) is 21.6 Å². The second-order valence-corrected chi connectivity index (χ2v) is 21.1. The van der Waals surface area contributed by atoms with Gasteiger partial charge in [-0.1, -0.05) is 130 Å². The van der Waals surface area contributed by atoms with Crippen LogP contribution in [0.25, 0.3) is 0 Å². The first kappa shape index (κ1) is 62.8. The van der Waals surface area contributed by atoms with Crippen LogP contribution in [0.1, 0.15) is 136 Å². The van der Waals surface area contributed by atoms with Crippen LogP contribution in [0.15, 0.2) is 93.4 Å². The second-order valence-electron chi connectivity index (χ2n) is 17.9. The number of aliphatic hydroxyl groups excluding tert-OH is 1. The summed E-state index contributed by atoms with van der Waals surface area (Å²) in [7, 11) is -1.18. The van der Waals surface area contributed by atoms with Crippen LogP contribution in [0.5, 0.6) is 29.0 Å². The Morgan fingerprint density at radius 2 is 0.973 bits per heavy atom. The van der Waals surface area contributed by atoms with E-state index in [-0.39, 0.29) is 40.8 Å². The van der Waals surface area contributed by atoms with Crippen molar-refractivity contribution >= 4 is 20.2 Å². The maximum atomic E-state index is 12.3. The van der Waals surface area contributed by atoms with E-state index < -0.39 is 20.2 Å². The monoisotopic (exact) mass is 1070 g/mol. The van der Waals surface area contributed by atoms with Gasteiger partial charge in [0.25, 0.3) is 26.1 Å². The van der Waals surface area contributed by atoms with Crippen molar-refractivity contribution in [3.05, 3.63) is 128 Å². The average Bonchev–Trinajstić information content (AvgIpc) is 3.39. The van der Waals surface area contributed by atoms with E-state index in [1.807, 2.05) is 51.1 Å². The summed E-state index contributed by atoms with van der Waals surface area (Å²) in [5, 5.41) is 7.57. The molecule has 2 heterocycles. The van der Waals surface area contributed by atoms with Gasteiger partial charge in [0.2, 0.25) is 22.8 Å². The summed E-state index contributed by atoms with van der Waals surface area (Å²) in [6, 6.07) is 23.4. The summed E-state index contributed by atoms with van der Waals surface area (Å²) in [4.78, 5) is 20.6. The molecule has 15 nitrogen and oxygen atoms in total. The molecule has 0 saturated carbocycles. The van der Waals surface area contributed by atoms with Crippen LogP contribution in [0, 0.1) is 27.7 Å². The molecule has 0 aliphatic heterocycles. The smallest absolute Gasteiger partial charge is 0.296 e. The minimum absolute atomic E-state index is 0.135. The summed E-state index contributed by atoms with van der Waals surface area (Å²) in [5.41, 5.74) is 6.47. The fraction of sp³-hybridized carbons (Fsp3) is 0.509. The molecule has 0 spiro atoms. The number of H-pyrrole nitrogens is 1. The van der Waals surface area contributed by atoms with Gasteiger partial charge < -0.3 is 33.8 Å². The third-order valence-corrected chi connectivity index (χ3v) is 14.8. The summed E-state index contributed by atoms with van der Waals surface area (Å²) in [6.45, 7) is 10.5. The first-order valence-corrected chi connectivity index (χ1v) is 28.5. The Bertz CT molecular complexity index is 2660. The summed E-state index contributed by atoms with van der Waals surface area (Å²) in [5.74, 6) is 2.21. The highest BCUT2D eigenvalue weighted by molar-refractivity contribution is 7.87. The molecule has 17 heteroatoms. The van der Waals surface area contributed by atoms with Crippen molar-refractivity contribution in [3.8, 4) is 29.0 Å². The van der Waals surface area contributed by atoms with E-state index >= 15 is 0 Å². The van der Waals surface area contributed by atoms with Crippen LogP contribution in [0.4, 0.5) is 0 Å². The highest BCUT2D eigenvalue weighted by Crippen LogP contribution is 2.40. The van der Waals surface area contributed by atoms with Gasteiger partial charge in [-0.25, -0.2) is 4.98 Å². The predicted octanol–water partition coefficient (Wildman–Crippen LogP) is 11.7. The fourth-order valence-corrected chi connectivity index (χ4v) is 9.73. The number of aryl methyl sites for hydroxylation is 4. The number of benzene rings is 3. The topological polar surface area (TPSA) is 199 Å². The molecule has 0 bridgehead atoms. The van der Waals surface area contributed by atoms with Crippen molar-refractivity contribution in [2.75, 3.05) is 48.3 Å². The SMILES string of the molecule is CCO.COc1[nH]c(CCCCCCCCCOS(=O)(=O)c2ccc(C)cc2)c(C)c(=O)c1OC.COc1nc(CCCCCCCCCOS(=O)(=O)c2ccc(C)cc2)c(C)c(OCc2ccccc2)c1OC. The Balaban J connectivity index is 0.000000377.